The number of nitrogens with zero attached hydrogens (tertiary/aromatic N) is 1. The molecule has 0 spiro atoms. The van der Waals surface area contributed by atoms with E-state index in [0.29, 0.717) is 11.5 Å². The van der Waals surface area contributed by atoms with Crippen molar-refractivity contribution in [1.29, 1.82) is 0 Å². The third kappa shape index (κ3) is 5.30. The minimum atomic E-state index is -0.0211. The van der Waals surface area contributed by atoms with Crippen LogP contribution in [0.3, 0.4) is 0 Å². The van der Waals surface area contributed by atoms with Gasteiger partial charge in [0.25, 0.3) is 0 Å². The van der Waals surface area contributed by atoms with Gasteiger partial charge in [0.1, 0.15) is 0 Å². The largest absolute Gasteiger partial charge is 0.493 e. The fraction of sp³-hybridized carbons (Fsp3) is 0.682. The van der Waals surface area contributed by atoms with E-state index in [-0.39, 0.29) is 6.03 Å². The Morgan fingerprint density at radius 3 is 2.26 bits per heavy atom. The van der Waals surface area contributed by atoms with Crippen LogP contribution in [-0.4, -0.2) is 38.2 Å². The van der Waals surface area contributed by atoms with E-state index in [9.17, 15) is 4.79 Å². The van der Waals surface area contributed by atoms with Gasteiger partial charge in [-0.15, -0.1) is 0 Å². The fourth-order valence-electron chi connectivity index (χ4n) is 4.52. The van der Waals surface area contributed by atoms with E-state index in [1.807, 2.05) is 17.0 Å². The molecule has 0 bridgehead atoms. The van der Waals surface area contributed by atoms with Crippen LogP contribution < -0.4 is 14.8 Å². The SMILES string of the molecule is COc1ccc(NC(=O)N2CCC(CC3CCC(C)CC3)CC2)cc1OC. The van der Waals surface area contributed by atoms with Gasteiger partial charge in [-0.25, -0.2) is 4.79 Å². The normalized spacial score (nSPS) is 23.7. The Morgan fingerprint density at radius 2 is 1.63 bits per heavy atom. The number of hydrogen-bond donors (Lipinski definition) is 1. The summed E-state index contributed by atoms with van der Waals surface area (Å²) in [5.41, 5.74) is 0.732. The summed E-state index contributed by atoms with van der Waals surface area (Å²) in [5.74, 6) is 3.90. The molecule has 1 saturated carbocycles. The minimum absolute atomic E-state index is 0.0211. The van der Waals surface area contributed by atoms with Crippen molar-refractivity contribution >= 4 is 11.7 Å². The zero-order valence-corrected chi connectivity index (χ0v) is 17.0. The Balaban J connectivity index is 1.46. The number of methoxy groups -OCH3 is 2. The number of carbonyl (C=O) groups excluding carboxylic acids is 1. The molecule has 0 atom stereocenters. The molecule has 1 aliphatic carbocycles. The van der Waals surface area contributed by atoms with E-state index in [0.717, 1.165) is 49.4 Å². The molecular formula is C22H34N2O3. The first kappa shape index (κ1) is 19.8. The maximum absolute atomic E-state index is 12.6. The topological polar surface area (TPSA) is 50.8 Å². The number of ether oxygens (including phenoxy) is 2. The van der Waals surface area contributed by atoms with Gasteiger partial charge in [-0.1, -0.05) is 32.6 Å². The summed E-state index contributed by atoms with van der Waals surface area (Å²) in [5, 5.41) is 2.99. The number of hydrogen-bond acceptors (Lipinski definition) is 3. The standard InChI is InChI=1S/C22H34N2O3/c1-16-4-6-17(7-5-16)14-18-10-12-24(13-11-18)22(25)23-19-8-9-20(26-2)21(15-19)27-3/h8-9,15-18H,4-7,10-14H2,1-3H3,(H,23,25). The molecule has 5 heteroatoms. The molecular weight excluding hydrogens is 340 g/mol. The number of anilines is 1. The van der Waals surface area contributed by atoms with Crippen LogP contribution in [0, 0.1) is 17.8 Å². The molecule has 1 aromatic carbocycles. The Bertz CT molecular complexity index is 618. The van der Waals surface area contributed by atoms with Crippen LogP contribution in [0.15, 0.2) is 18.2 Å². The molecule has 1 aromatic rings. The number of amides is 2. The lowest BCUT2D eigenvalue weighted by atomic mass is 9.77. The lowest BCUT2D eigenvalue weighted by Gasteiger charge is -2.35. The van der Waals surface area contributed by atoms with Crippen LogP contribution in [0.5, 0.6) is 11.5 Å². The summed E-state index contributed by atoms with van der Waals surface area (Å²) >= 11 is 0. The molecule has 150 valence electrons. The van der Waals surface area contributed by atoms with Crippen molar-refractivity contribution in [2.45, 2.75) is 51.9 Å². The highest BCUT2D eigenvalue weighted by atomic mass is 16.5. The quantitative estimate of drug-likeness (QED) is 0.774. The smallest absolute Gasteiger partial charge is 0.321 e. The average molecular weight is 375 g/mol. The summed E-state index contributed by atoms with van der Waals surface area (Å²) in [6, 6.07) is 5.43. The summed E-state index contributed by atoms with van der Waals surface area (Å²) in [6.45, 7) is 4.09. The van der Waals surface area contributed by atoms with Crippen molar-refractivity contribution in [2.24, 2.45) is 17.8 Å². The van der Waals surface area contributed by atoms with E-state index in [1.165, 1.54) is 32.1 Å². The predicted molar refractivity (Wildman–Crippen MR) is 109 cm³/mol. The van der Waals surface area contributed by atoms with E-state index < -0.39 is 0 Å². The first-order valence-electron chi connectivity index (χ1n) is 10.4. The highest BCUT2D eigenvalue weighted by molar-refractivity contribution is 5.89. The average Bonchev–Trinajstić information content (AvgIpc) is 2.70. The number of carbonyl (C=O) groups is 1. The second kappa shape index (κ2) is 9.34. The first-order valence-corrected chi connectivity index (χ1v) is 10.4. The maximum atomic E-state index is 12.6. The summed E-state index contributed by atoms with van der Waals surface area (Å²) < 4.78 is 10.6. The molecule has 5 nitrogen and oxygen atoms in total. The molecule has 1 aliphatic heterocycles. The van der Waals surface area contributed by atoms with Gasteiger partial charge in [0.05, 0.1) is 14.2 Å². The number of likely N-dealkylation sites (tertiary alicyclic amines) is 1. The Hall–Kier alpha value is -1.91. The van der Waals surface area contributed by atoms with Gasteiger partial charge >= 0.3 is 6.03 Å². The van der Waals surface area contributed by atoms with Gasteiger partial charge in [0.15, 0.2) is 11.5 Å². The van der Waals surface area contributed by atoms with Crippen molar-refractivity contribution < 1.29 is 14.3 Å². The minimum Gasteiger partial charge on any atom is -0.493 e. The van der Waals surface area contributed by atoms with E-state index in [4.69, 9.17) is 9.47 Å². The third-order valence-corrected chi connectivity index (χ3v) is 6.34. The molecule has 2 amide bonds. The van der Waals surface area contributed by atoms with Crippen LogP contribution in [0.4, 0.5) is 10.5 Å². The van der Waals surface area contributed by atoms with Crippen molar-refractivity contribution in [1.82, 2.24) is 4.90 Å². The number of rotatable bonds is 5. The monoisotopic (exact) mass is 374 g/mol. The van der Waals surface area contributed by atoms with E-state index >= 15 is 0 Å². The van der Waals surface area contributed by atoms with Gasteiger partial charge in [-0.05, 0) is 49.1 Å². The molecule has 1 saturated heterocycles. The van der Waals surface area contributed by atoms with Crippen molar-refractivity contribution in [2.75, 3.05) is 32.6 Å². The van der Waals surface area contributed by atoms with Crippen molar-refractivity contribution in [3.63, 3.8) is 0 Å². The lowest BCUT2D eigenvalue weighted by Crippen LogP contribution is -2.41. The zero-order chi connectivity index (χ0) is 19.2. The fourth-order valence-corrected chi connectivity index (χ4v) is 4.52. The van der Waals surface area contributed by atoms with Crippen LogP contribution in [0.25, 0.3) is 0 Å². The second-order valence-electron chi connectivity index (χ2n) is 8.29. The van der Waals surface area contributed by atoms with Gasteiger partial charge in [0, 0.05) is 24.8 Å². The van der Waals surface area contributed by atoms with Crippen LogP contribution >= 0.6 is 0 Å². The third-order valence-electron chi connectivity index (χ3n) is 6.34. The van der Waals surface area contributed by atoms with Gasteiger partial charge < -0.3 is 19.7 Å². The second-order valence-corrected chi connectivity index (χ2v) is 8.29. The Morgan fingerprint density at radius 1 is 1.00 bits per heavy atom. The molecule has 1 N–H and O–H groups in total. The Kier molecular flexibility index (Phi) is 6.86. The van der Waals surface area contributed by atoms with Crippen molar-refractivity contribution in [3.05, 3.63) is 18.2 Å². The van der Waals surface area contributed by atoms with Crippen molar-refractivity contribution in [3.8, 4) is 11.5 Å². The van der Waals surface area contributed by atoms with Gasteiger partial charge in [0.2, 0.25) is 0 Å². The molecule has 3 rings (SSSR count). The van der Waals surface area contributed by atoms with Gasteiger partial charge in [-0.2, -0.15) is 0 Å². The molecule has 2 fully saturated rings. The molecule has 27 heavy (non-hydrogen) atoms. The molecule has 0 unspecified atom stereocenters. The van der Waals surface area contributed by atoms with Crippen LogP contribution in [0.1, 0.15) is 51.9 Å². The zero-order valence-electron chi connectivity index (χ0n) is 17.0. The highest BCUT2D eigenvalue weighted by Crippen LogP contribution is 2.35. The predicted octanol–water partition coefficient (Wildman–Crippen LogP) is 5.16. The highest BCUT2D eigenvalue weighted by Gasteiger charge is 2.27. The van der Waals surface area contributed by atoms with E-state index in [1.54, 1.807) is 20.3 Å². The Labute approximate surface area is 163 Å². The number of benzene rings is 1. The van der Waals surface area contributed by atoms with Crippen LogP contribution in [-0.2, 0) is 0 Å². The van der Waals surface area contributed by atoms with E-state index in [2.05, 4.69) is 12.2 Å². The number of urea groups is 1. The molecule has 2 aliphatic rings. The van der Waals surface area contributed by atoms with Gasteiger partial charge in [-0.3, -0.25) is 0 Å². The number of piperidine rings is 1. The maximum Gasteiger partial charge on any atom is 0.321 e. The molecule has 0 aromatic heterocycles. The molecule has 1 heterocycles. The number of nitrogens with one attached hydrogen (secondary N) is 1. The molecule has 0 radical (unpaired) electrons. The first-order chi connectivity index (χ1) is 13.1. The lowest BCUT2D eigenvalue weighted by molar-refractivity contribution is 0.162. The summed E-state index contributed by atoms with van der Waals surface area (Å²) in [4.78, 5) is 14.5. The summed E-state index contributed by atoms with van der Waals surface area (Å²) in [7, 11) is 3.20. The summed E-state index contributed by atoms with van der Waals surface area (Å²) in [6.07, 6.45) is 9.23. The van der Waals surface area contributed by atoms with Crippen LogP contribution in [0.2, 0.25) is 0 Å².